The van der Waals surface area contributed by atoms with Gasteiger partial charge in [-0.15, -0.1) is 10.2 Å². The molecule has 0 saturated carbocycles. The summed E-state index contributed by atoms with van der Waals surface area (Å²) in [7, 11) is 0. The van der Waals surface area contributed by atoms with Gasteiger partial charge in [0.1, 0.15) is 0 Å². The zero-order valence-corrected chi connectivity index (χ0v) is 16.4. The molecule has 0 fully saturated rings. The van der Waals surface area contributed by atoms with Crippen molar-refractivity contribution in [1.82, 2.24) is 15.2 Å². The first-order chi connectivity index (χ1) is 11.5. The van der Waals surface area contributed by atoms with Crippen molar-refractivity contribution < 1.29 is 14.3 Å². The van der Waals surface area contributed by atoms with Gasteiger partial charge in [0, 0.05) is 11.4 Å². The molecule has 0 aliphatic carbocycles. The number of ketones is 1. The molecule has 1 N–H and O–H groups in total. The van der Waals surface area contributed by atoms with E-state index in [4.69, 9.17) is 4.74 Å². The van der Waals surface area contributed by atoms with Gasteiger partial charge >= 0.3 is 5.97 Å². The van der Waals surface area contributed by atoms with Crippen molar-refractivity contribution in [3.63, 3.8) is 0 Å². The third-order valence-corrected chi connectivity index (χ3v) is 6.19. The molecular weight excluding hydrogens is 366 g/mol. The summed E-state index contributed by atoms with van der Waals surface area (Å²) in [6, 6.07) is 0. The van der Waals surface area contributed by atoms with E-state index in [0.717, 1.165) is 14.4 Å². The predicted octanol–water partition coefficient (Wildman–Crippen LogP) is 3.75. The standard InChI is InChI=1S/C15H19N3O3S3/c1-5-21-13(20)12-9(4)16-8(3)11(12)10(19)7-23-15-18-17-14(24-15)22-6-2/h16H,5-7H2,1-4H3. The minimum absolute atomic E-state index is 0.121. The highest BCUT2D eigenvalue weighted by atomic mass is 32.2. The van der Waals surface area contributed by atoms with Crippen molar-refractivity contribution in [2.24, 2.45) is 0 Å². The van der Waals surface area contributed by atoms with Crippen molar-refractivity contribution in [2.75, 3.05) is 18.1 Å². The van der Waals surface area contributed by atoms with Gasteiger partial charge in [-0.05, 0) is 26.5 Å². The first kappa shape index (κ1) is 19.0. The SMILES string of the molecule is CCOC(=O)c1c(C)[nH]c(C)c1C(=O)CSc1nnc(SCC)s1. The van der Waals surface area contributed by atoms with Crippen LogP contribution in [-0.4, -0.2) is 45.0 Å². The maximum Gasteiger partial charge on any atom is 0.340 e. The quantitative estimate of drug-likeness (QED) is 0.421. The van der Waals surface area contributed by atoms with Gasteiger partial charge in [-0.3, -0.25) is 4.79 Å². The summed E-state index contributed by atoms with van der Waals surface area (Å²) in [6.07, 6.45) is 0. The fraction of sp³-hybridized carbons (Fsp3) is 0.467. The van der Waals surface area contributed by atoms with E-state index in [0.29, 0.717) is 22.5 Å². The lowest BCUT2D eigenvalue weighted by atomic mass is 10.1. The van der Waals surface area contributed by atoms with Gasteiger partial charge in [-0.2, -0.15) is 0 Å². The van der Waals surface area contributed by atoms with Crippen LogP contribution in [0.1, 0.15) is 46.0 Å². The summed E-state index contributed by atoms with van der Waals surface area (Å²) in [6.45, 7) is 7.62. The van der Waals surface area contributed by atoms with Crippen molar-refractivity contribution >= 4 is 46.6 Å². The molecule has 0 amide bonds. The van der Waals surface area contributed by atoms with Crippen LogP contribution >= 0.6 is 34.9 Å². The number of nitrogens with zero attached hydrogens (tertiary/aromatic N) is 2. The van der Waals surface area contributed by atoms with Gasteiger partial charge in [0.05, 0.1) is 23.5 Å². The molecule has 0 aliphatic heterocycles. The molecule has 2 heterocycles. The summed E-state index contributed by atoms with van der Waals surface area (Å²) < 4.78 is 6.71. The summed E-state index contributed by atoms with van der Waals surface area (Å²) in [5, 5.41) is 8.14. The molecule has 0 unspecified atom stereocenters. The van der Waals surface area contributed by atoms with Crippen LogP contribution in [-0.2, 0) is 4.74 Å². The van der Waals surface area contributed by atoms with Gasteiger partial charge < -0.3 is 9.72 Å². The second-order valence-electron chi connectivity index (χ2n) is 4.82. The van der Waals surface area contributed by atoms with Crippen LogP contribution in [0.25, 0.3) is 0 Å². The van der Waals surface area contributed by atoms with Crippen molar-refractivity contribution in [1.29, 1.82) is 0 Å². The van der Waals surface area contributed by atoms with Crippen molar-refractivity contribution in [2.45, 2.75) is 36.4 Å². The lowest BCUT2D eigenvalue weighted by Crippen LogP contribution is -2.13. The topological polar surface area (TPSA) is 84.9 Å². The van der Waals surface area contributed by atoms with Crippen LogP contribution in [0.3, 0.4) is 0 Å². The summed E-state index contributed by atoms with van der Waals surface area (Å²) in [5.41, 5.74) is 2.07. The Bertz CT molecular complexity index is 740. The molecule has 130 valence electrons. The Labute approximate surface area is 153 Å². The van der Waals surface area contributed by atoms with Gasteiger partial charge in [0.15, 0.2) is 14.5 Å². The van der Waals surface area contributed by atoms with E-state index in [9.17, 15) is 9.59 Å². The molecule has 0 atom stereocenters. The molecule has 24 heavy (non-hydrogen) atoms. The molecule has 2 aromatic rings. The van der Waals surface area contributed by atoms with Crippen LogP contribution in [0.2, 0.25) is 0 Å². The first-order valence-corrected chi connectivity index (χ1v) is 10.2. The fourth-order valence-corrected chi connectivity index (χ4v) is 5.01. The first-order valence-electron chi connectivity index (χ1n) is 7.46. The molecule has 0 bridgehead atoms. The molecule has 2 aromatic heterocycles. The lowest BCUT2D eigenvalue weighted by Gasteiger charge is -2.05. The zero-order chi connectivity index (χ0) is 17.7. The number of ether oxygens (including phenoxy) is 1. The summed E-state index contributed by atoms with van der Waals surface area (Å²) >= 11 is 4.44. The molecular formula is C15H19N3O3S3. The number of aryl methyl sites for hydroxylation is 2. The number of rotatable bonds is 8. The van der Waals surface area contributed by atoms with Crippen LogP contribution in [0.15, 0.2) is 8.68 Å². The Hall–Kier alpha value is -1.32. The number of nitrogens with one attached hydrogen (secondary N) is 1. The molecule has 0 saturated heterocycles. The Balaban J connectivity index is 2.12. The largest absolute Gasteiger partial charge is 0.462 e. The third kappa shape index (κ3) is 4.40. The Morgan fingerprint density at radius 2 is 1.71 bits per heavy atom. The third-order valence-electron chi connectivity index (χ3n) is 3.12. The number of carbonyl (C=O) groups excluding carboxylic acids is 2. The highest BCUT2D eigenvalue weighted by Gasteiger charge is 2.25. The number of esters is 1. The van der Waals surface area contributed by atoms with Crippen LogP contribution < -0.4 is 0 Å². The molecule has 0 radical (unpaired) electrons. The molecule has 9 heteroatoms. The molecule has 6 nitrogen and oxygen atoms in total. The van der Waals surface area contributed by atoms with Crippen molar-refractivity contribution in [3.8, 4) is 0 Å². The number of thioether (sulfide) groups is 2. The minimum Gasteiger partial charge on any atom is -0.462 e. The average molecular weight is 386 g/mol. The van der Waals surface area contributed by atoms with Crippen LogP contribution in [0.5, 0.6) is 0 Å². The van der Waals surface area contributed by atoms with Crippen LogP contribution in [0, 0.1) is 13.8 Å². The maximum atomic E-state index is 12.6. The highest BCUT2D eigenvalue weighted by Crippen LogP contribution is 2.30. The number of aromatic nitrogens is 3. The van der Waals surface area contributed by atoms with E-state index < -0.39 is 5.97 Å². The normalized spacial score (nSPS) is 10.8. The number of H-pyrrole nitrogens is 1. The lowest BCUT2D eigenvalue weighted by molar-refractivity contribution is 0.0522. The second-order valence-corrected chi connectivity index (χ2v) is 8.54. The molecule has 2 rings (SSSR count). The number of aromatic amines is 1. The van der Waals surface area contributed by atoms with E-state index in [-0.39, 0.29) is 18.1 Å². The summed E-state index contributed by atoms with van der Waals surface area (Å²) in [4.78, 5) is 27.8. The zero-order valence-electron chi connectivity index (χ0n) is 14.0. The summed E-state index contributed by atoms with van der Waals surface area (Å²) in [5.74, 6) is 0.550. The number of hydrogen-bond acceptors (Lipinski definition) is 8. The highest BCUT2D eigenvalue weighted by molar-refractivity contribution is 8.03. The average Bonchev–Trinajstić information content (AvgIpc) is 3.09. The van der Waals surface area contributed by atoms with Gasteiger partial charge in [0.2, 0.25) is 0 Å². The van der Waals surface area contributed by atoms with Gasteiger partial charge in [-0.1, -0.05) is 41.8 Å². The number of Topliss-reactive ketones (excluding diaryl/α,β-unsaturated/α-hetero) is 1. The fourth-order valence-electron chi connectivity index (χ4n) is 2.22. The van der Waals surface area contributed by atoms with Crippen LogP contribution in [0.4, 0.5) is 0 Å². The Morgan fingerprint density at radius 3 is 2.33 bits per heavy atom. The molecule has 0 aromatic carbocycles. The Kier molecular flexibility index (Phi) is 6.88. The van der Waals surface area contributed by atoms with E-state index in [1.165, 1.54) is 23.1 Å². The number of carbonyl (C=O) groups is 2. The van der Waals surface area contributed by atoms with Gasteiger partial charge in [0.25, 0.3) is 0 Å². The molecule has 0 spiro atoms. The van der Waals surface area contributed by atoms with E-state index >= 15 is 0 Å². The predicted molar refractivity (Wildman–Crippen MR) is 97.6 cm³/mol. The molecule has 0 aliphatic rings. The Morgan fingerprint density at radius 1 is 1.08 bits per heavy atom. The minimum atomic E-state index is -0.467. The van der Waals surface area contributed by atoms with Gasteiger partial charge in [-0.25, -0.2) is 4.79 Å². The smallest absolute Gasteiger partial charge is 0.340 e. The van der Waals surface area contributed by atoms with E-state index in [1.807, 2.05) is 0 Å². The number of hydrogen-bond donors (Lipinski definition) is 1. The van der Waals surface area contributed by atoms with E-state index in [1.54, 1.807) is 32.5 Å². The van der Waals surface area contributed by atoms with E-state index in [2.05, 4.69) is 22.1 Å². The van der Waals surface area contributed by atoms with Crippen molar-refractivity contribution in [3.05, 3.63) is 22.5 Å². The second kappa shape index (κ2) is 8.68. The monoisotopic (exact) mass is 385 g/mol. The maximum absolute atomic E-state index is 12.6.